The molecule has 4 nitrogen and oxygen atoms in total. The number of anilines is 2. The smallest absolute Gasteiger partial charge is 0.271 e. The number of aromatic nitrogens is 2. The van der Waals surface area contributed by atoms with Crippen molar-refractivity contribution in [3.63, 3.8) is 0 Å². The van der Waals surface area contributed by atoms with Crippen molar-refractivity contribution in [1.29, 1.82) is 0 Å². The Morgan fingerprint density at radius 1 is 1.33 bits per heavy atom. The van der Waals surface area contributed by atoms with Crippen LogP contribution >= 0.6 is 27.5 Å². The fraction of sp³-hybridized carbons (Fsp3) is 0. The summed E-state index contributed by atoms with van der Waals surface area (Å²) in [5, 5.41) is 2.30. The van der Waals surface area contributed by atoms with E-state index in [0.29, 0.717) is 6.07 Å². The minimum absolute atomic E-state index is 0.0159. The summed E-state index contributed by atoms with van der Waals surface area (Å²) in [6.07, 6.45) is 1.12. The van der Waals surface area contributed by atoms with Crippen molar-refractivity contribution in [3.8, 4) is 0 Å². The SMILES string of the molecule is O=c1[nH]cnc(Nc2cc(Br)c(F)cc2F)c1Cl. The number of hydrogen-bond acceptors (Lipinski definition) is 3. The number of H-pyrrole nitrogens is 1. The molecule has 1 aromatic carbocycles. The van der Waals surface area contributed by atoms with E-state index in [1.54, 1.807) is 0 Å². The van der Waals surface area contributed by atoms with Crippen LogP contribution in [0.5, 0.6) is 0 Å². The molecule has 0 bridgehead atoms. The summed E-state index contributed by atoms with van der Waals surface area (Å²) in [6, 6.07) is 1.89. The summed E-state index contributed by atoms with van der Waals surface area (Å²) in [6.45, 7) is 0. The zero-order valence-electron chi connectivity index (χ0n) is 8.60. The van der Waals surface area contributed by atoms with Crippen molar-refractivity contribution >= 4 is 39.0 Å². The van der Waals surface area contributed by atoms with Gasteiger partial charge in [0.15, 0.2) is 5.82 Å². The quantitative estimate of drug-likeness (QED) is 0.828. The van der Waals surface area contributed by atoms with E-state index in [9.17, 15) is 13.6 Å². The molecule has 0 atom stereocenters. The van der Waals surface area contributed by atoms with Gasteiger partial charge in [-0.15, -0.1) is 0 Å². The van der Waals surface area contributed by atoms with Gasteiger partial charge < -0.3 is 10.3 Å². The molecular formula is C10H5BrClF2N3O. The largest absolute Gasteiger partial charge is 0.336 e. The van der Waals surface area contributed by atoms with Crippen LogP contribution < -0.4 is 10.9 Å². The second-order valence-electron chi connectivity index (χ2n) is 3.27. The number of nitrogens with one attached hydrogen (secondary N) is 2. The summed E-state index contributed by atoms with van der Waals surface area (Å²) in [5.74, 6) is -1.57. The molecular weight excluding hydrogens is 331 g/mol. The molecule has 1 aromatic heterocycles. The first-order chi connectivity index (χ1) is 8.49. The van der Waals surface area contributed by atoms with Crippen LogP contribution in [0.3, 0.4) is 0 Å². The van der Waals surface area contributed by atoms with Crippen molar-refractivity contribution in [2.45, 2.75) is 0 Å². The van der Waals surface area contributed by atoms with Gasteiger partial charge in [-0.05, 0) is 22.0 Å². The molecule has 2 N–H and O–H groups in total. The van der Waals surface area contributed by atoms with E-state index in [1.165, 1.54) is 6.07 Å². The lowest BCUT2D eigenvalue weighted by Gasteiger charge is -2.08. The van der Waals surface area contributed by atoms with Gasteiger partial charge in [-0.2, -0.15) is 0 Å². The van der Waals surface area contributed by atoms with E-state index < -0.39 is 17.2 Å². The van der Waals surface area contributed by atoms with Gasteiger partial charge in [-0.1, -0.05) is 11.6 Å². The molecule has 2 rings (SSSR count). The third-order valence-corrected chi connectivity index (χ3v) is 3.02. The lowest BCUT2D eigenvalue weighted by atomic mass is 10.3. The average Bonchev–Trinajstić information content (AvgIpc) is 2.32. The molecule has 0 saturated carbocycles. The highest BCUT2D eigenvalue weighted by molar-refractivity contribution is 9.10. The fourth-order valence-electron chi connectivity index (χ4n) is 1.22. The Bertz CT molecular complexity index is 662. The molecule has 8 heteroatoms. The highest BCUT2D eigenvalue weighted by Crippen LogP contribution is 2.27. The molecule has 94 valence electrons. The van der Waals surface area contributed by atoms with Crippen molar-refractivity contribution in [2.24, 2.45) is 0 Å². The number of benzene rings is 1. The van der Waals surface area contributed by atoms with Crippen LogP contribution in [0, 0.1) is 11.6 Å². The Hall–Kier alpha value is -1.47. The van der Waals surface area contributed by atoms with E-state index in [4.69, 9.17) is 11.6 Å². The highest BCUT2D eigenvalue weighted by atomic mass is 79.9. The lowest BCUT2D eigenvalue weighted by Crippen LogP contribution is -2.10. The Balaban J connectivity index is 2.43. The molecule has 0 aliphatic rings. The maximum Gasteiger partial charge on any atom is 0.271 e. The number of rotatable bonds is 2. The standard InChI is InChI=1S/C10H5BrClF2N3O/c11-4-1-7(6(14)2-5(4)13)17-9-8(12)10(18)16-3-15-9/h1-3H,(H2,15,16,17,18). The van der Waals surface area contributed by atoms with Crippen LogP contribution in [-0.2, 0) is 0 Å². The topological polar surface area (TPSA) is 57.8 Å². The predicted octanol–water partition coefficient (Wildman–Crippen LogP) is 3.21. The van der Waals surface area contributed by atoms with Gasteiger partial charge in [0, 0.05) is 6.07 Å². The Morgan fingerprint density at radius 3 is 2.78 bits per heavy atom. The van der Waals surface area contributed by atoms with Crippen LogP contribution in [0.1, 0.15) is 0 Å². The van der Waals surface area contributed by atoms with E-state index in [1.807, 2.05) is 0 Å². The minimum Gasteiger partial charge on any atom is -0.336 e. The van der Waals surface area contributed by atoms with E-state index in [2.05, 4.69) is 31.2 Å². The average molecular weight is 337 g/mol. The highest BCUT2D eigenvalue weighted by Gasteiger charge is 2.11. The Kier molecular flexibility index (Phi) is 3.63. The molecule has 0 amide bonds. The number of nitrogens with zero attached hydrogens (tertiary/aromatic N) is 1. The Labute approximate surface area is 113 Å². The van der Waals surface area contributed by atoms with Crippen molar-refractivity contribution < 1.29 is 8.78 Å². The molecule has 0 aliphatic carbocycles. The lowest BCUT2D eigenvalue weighted by molar-refractivity contribution is 0.581. The second-order valence-corrected chi connectivity index (χ2v) is 4.50. The summed E-state index contributed by atoms with van der Waals surface area (Å²) in [5.41, 5.74) is -0.612. The van der Waals surface area contributed by atoms with Crippen LogP contribution in [-0.4, -0.2) is 9.97 Å². The number of halogens is 4. The molecule has 18 heavy (non-hydrogen) atoms. The summed E-state index contributed by atoms with van der Waals surface area (Å²) >= 11 is 8.61. The zero-order chi connectivity index (χ0) is 13.3. The minimum atomic E-state index is -0.825. The van der Waals surface area contributed by atoms with Crippen LogP contribution in [0.2, 0.25) is 5.02 Å². The molecule has 0 spiro atoms. The van der Waals surface area contributed by atoms with Crippen molar-refractivity contribution in [3.05, 3.63) is 49.9 Å². The molecule has 0 fully saturated rings. The first kappa shape index (κ1) is 13.0. The summed E-state index contributed by atoms with van der Waals surface area (Å²) < 4.78 is 26.6. The van der Waals surface area contributed by atoms with E-state index in [0.717, 1.165) is 6.33 Å². The number of hydrogen-bond donors (Lipinski definition) is 2. The first-order valence-electron chi connectivity index (χ1n) is 4.64. The predicted molar refractivity (Wildman–Crippen MR) is 67.2 cm³/mol. The van der Waals surface area contributed by atoms with Crippen LogP contribution in [0.15, 0.2) is 27.7 Å². The fourth-order valence-corrected chi connectivity index (χ4v) is 1.71. The van der Waals surface area contributed by atoms with E-state index in [-0.39, 0.29) is 21.0 Å². The van der Waals surface area contributed by atoms with Gasteiger partial charge >= 0.3 is 0 Å². The van der Waals surface area contributed by atoms with Gasteiger partial charge in [0.25, 0.3) is 5.56 Å². The molecule has 0 saturated heterocycles. The first-order valence-corrected chi connectivity index (χ1v) is 5.81. The van der Waals surface area contributed by atoms with Gasteiger partial charge in [-0.25, -0.2) is 13.8 Å². The van der Waals surface area contributed by atoms with Gasteiger partial charge in [0.1, 0.15) is 16.7 Å². The maximum absolute atomic E-state index is 13.5. The third kappa shape index (κ3) is 2.51. The monoisotopic (exact) mass is 335 g/mol. The Morgan fingerprint density at radius 2 is 2.06 bits per heavy atom. The summed E-state index contributed by atoms with van der Waals surface area (Å²) in [7, 11) is 0. The van der Waals surface area contributed by atoms with Crippen LogP contribution in [0.25, 0.3) is 0 Å². The molecule has 0 unspecified atom stereocenters. The number of aromatic amines is 1. The van der Waals surface area contributed by atoms with Gasteiger partial charge in [0.05, 0.1) is 16.5 Å². The van der Waals surface area contributed by atoms with Crippen molar-refractivity contribution in [2.75, 3.05) is 5.32 Å². The molecule has 0 aliphatic heterocycles. The van der Waals surface area contributed by atoms with Gasteiger partial charge in [0.2, 0.25) is 0 Å². The van der Waals surface area contributed by atoms with Crippen LogP contribution in [0.4, 0.5) is 20.3 Å². The summed E-state index contributed by atoms with van der Waals surface area (Å²) in [4.78, 5) is 17.2. The van der Waals surface area contributed by atoms with E-state index >= 15 is 0 Å². The molecule has 1 heterocycles. The van der Waals surface area contributed by atoms with Gasteiger partial charge in [-0.3, -0.25) is 4.79 Å². The van der Waals surface area contributed by atoms with Crippen molar-refractivity contribution in [1.82, 2.24) is 9.97 Å². The molecule has 2 aromatic rings. The second kappa shape index (κ2) is 5.03. The maximum atomic E-state index is 13.5. The third-order valence-electron chi connectivity index (χ3n) is 2.06. The molecule has 0 radical (unpaired) electrons. The normalized spacial score (nSPS) is 10.4. The zero-order valence-corrected chi connectivity index (χ0v) is 10.9.